The van der Waals surface area contributed by atoms with E-state index in [1.165, 1.54) is 11.8 Å². The molecule has 5 nitrogen and oxygen atoms in total. The highest BCUT2D eigenvalue weighted by Crippen LogP contribution is 2.14. The first kappa shape index (κ1) is 20.7. The van der Waals surface area contributed by atoms with E-state index in [0.29, 0.717) is 6.54 Å². The molecule has 0 heterocycles. The van der Waals surface area contributed by atoms with Crippen LogP contribution in [-0.4, -0.2) is 37.0 Å². The summed E-state index contributed by atoms with van der Waals surface area (Å²) in [5, 5.41) is 15.2. The molecule has 2 N–H and O–H groups in total. The maximum Gasteiger partial charge on any atom is 0.263 e. The molecule has 1 amide bonds. The van der Waals surface area contributed by atoms with Gasteiger partial charge in [0.05, 0.1) is 6.04 Å². The number of nitrogens with one attached hydrogen (secondary N) is 2. The van der Waals surface area contributed by atoms with Crippen molar-refractivity contribution in [2.24, 2.45) is 0 Å². The molecule has 0 spiro atoms. The van der Waals surface area contributed by atoms with Gasteiger partial charge in [-0.25, -0.2) is 0 Å². The Morgan fingerprint density at radius 2 is 1.88 bits per heavy atom. The highest BCUT2D eigenvalue weighted by atomic mass is 16.1. The first-order valence-electron chi connectivity index (χ1n) is 9.01. The highest BCUT2D eigenvalue weighted by molar-refractivity contribution is 5.97. The Hall–Kier alpha value is -2.32. The van der Waals surface area contributed by atoms with Crippen molar-refractivity contribution in [3.8, 4) is 6.07 Å². The van der Waals surface area contributed by atoms with Crippen LogP contribution in [0.5, 0.6) is 0 Å². The van der Waals surface area contributed by atoms with Crippen LogP contribution in [0.15, 0.2) is 36.0 Å². The third-order valence-corrected chi connectivity index (χ3v) is 4.31. The largest absolute Gasteiger partial charge is 0.388 e. The van der Waals surface area contributed by atoms with Crippen molar-refractivity contribution in [3.05, 3.63) is 47.2 Å². The number of amides is 1. The summed E-state index contributed by atoms with van der Waals surface area (Å²) < 4.78 is 0. The zero-order chi connectivity index (χ0) is 18.7. The molecular formula is C20H30N4O. The van der Waals surface area contributed by atoms with E-state index in [9.17, 15) is 10.1 Å². The summed E-state index contributed by atoms with van der Waals surface area (Å²) in [7, 11) is 0. The number of carbonyl (C=O) groups is 1. The van der Waals surface area contributed by atoms with Gasteiger partial charge in [-0.15, -0.1) is 0 Å². The van der Waals surface area contributed by atoms with Gasteiger partial charge >= 0.3 is 0 Å². The summed E-state index contributed by atoms with van der Waals surface area (Å²) in [4.78, 5) is 14.5. The average molecular weight is 342 g/mol. The fraction of sp³-hybridized carbons (Fsp3) is 0.500. The quantitative estimate of drug-likeness (QED) is 0.390. The zero-order valence-corrected chi connectivity index (χ0v) is 15.8. The second kappa shape index (κ2) is 11.3. The van der Waals surface area contributed by atoms with Gasteiger partial charge in [-0.3, -0.25) is 4.79 Å². The molecule has 0 saturated carbocycles. The molecule has 1 atom stereocenters. The van der Waals surface area contributed by atoms with Crippen molar-refractivity contribution < 1.29 is 4.79 Å². The lowest BCUT2D eigenvalue weighted by Crippen LogP contribution is -2.31. The lowest BCUT2D eigenvalue weighted by molar-refractivity contribution is -0.117. The number of nitrogens with zero attached hydrogens (tertiary/aromatic N) is 2. The van der Waals surface area contributed by atoms with Crippen LogP contribution in [0.3, 0.4) is 0 Å². The van der Waals surface area contributed by atoms with Gasteiger partial charge in [0.2, 0.25) is 0 Å². The smallest absolute Gasteiger partial charge is 0.263 e. The van der Waals surface area contributed by atoms with Gasteiger partial charge in [-0.1, -0.05) is 45.0 Å². The fourth-order valence-electron chi connectivity index (χ4n) is 2.49. The van der Waals surface area contributed by atoms with E-state index in [4.69, 9.17) is 0 Å². The second-order valence-electron chi connectivity index (χ2n) is 5.94. The maximum atomic E-state index is 12.3. The predicted octanol–water partition coefficient (Wildman–Crippen LogP) is 2.77. The number of likely N-dealkylation sites (N-methyl/N-ethyl adjacent to an activating group) is 1. The van der Waals surface area contributed by atoms with Gasteiger partial charge in [0.25, 0.3) is 5.91 Å². The third kappa shape index (κ3) is 6.98. The fourth-order valence-corrected chi connectivity index (χ4v) is 2.49. The molecular weight excluding hydrogens is 312 g/mol. The molecule has 5 heteroatoms. The van der Waals surface area contributed by atoms with Gasteiger partial charge in [0.15, 0.2) is 0 Å². The lowest BCUT2D eigenvalue weighted by atomic mass is 10.0. The van der Waals surface area contributed by atoms with Crippen molar-refractivity contribution in [3.63, 3.8) is 0 Å². The second-order valence-corrected chi connectivity index (χ2v) is 5.94. The van der Waals surface area contributed by atoms with E-state index in [1.54, 1.807) is 0 Å². The van der Waals surface area contributed by atoms with Gasteiger partial charge < -0.3 is 15.5 Å². The molecule has 0 aliphatic carbocycles. The molecule has 0 aromatic heterocycles. The predicted molar refractivity (Wildman–Crippen MR) is 102 cm³/mol. The molecule has 0 saturated heterocycles. The minimum Gasteiger partial charge on any atom is -0.388 e. The number of carbonyl (C=O) groups excluding carboxylic acids is 1. The highest BCUT2D eigenvalue weighted by Gasteiger charge is 2.13. The summed E-state index contributed by atoms with van der Waals surface area (Å²) in [6, 6.07) is 9.98. The molecule has 1 aromatic rings. The normalized spacial score (nSPS) is 12.6. The van der Waals surface area contributed by atoms with Crippen molar-refractivity contribution in [2.45, 2.75) is 40.2 Å². The van der Waals surface area contributed by atoms with Crippen molar-refractivity contribution in [1.82, 2.24) is 15.5 Å². The number of rotatable bonds is 10. The lowest BCUT2D eigenvalue weighted by Gasteiger charge is -2.17. The Morgan fingerprint density at radius 3 is 2.40 bits per heavy atom. The molecule has 1 rings (SSSR count). The molecule has 1 unspecified atom stereocenters. The van der Waals surface area contributed by atoms with E-state index in [1.807, 2.05) is 25.1 Å². The molecule has 0 fully saturated rings. The Labute approximate surface area is 151 Å². The monoisotopic (exact) mass is 342 g/mol. The van der Waals surface area contributed by atoms with Gasteiger partial charge in [-0.05, 0) is 37.6 Å². The van der Waals surface area contributed by atoms with Crippen LogP contribution in [0.1, 0.15) is 44.9 Å². The molecule has 0 aliphatic heterocycles. The first-order chi connectivity index (χ1) is 12.0. The molecule has 136 valence electrons. The number of hydrogen-bond acceptors (Lipinski definition) is 4. The molecule has 25 heavy (non-hydrogen) atoms. The van der Waals surface area contributed by atoms with Crippen LogP contribution < -0.4 is 10.6 Å². The number of hydrogen-bond donors (Lipinski definition) is 2. The van der Waals surface area contributed by atoms with E-state index >= 15 is 0 Å². The van der Waals surface area contributed by atoms with Crippen LogP contribution in [-0.2, 0) is 11.2 Å². The SMILES string of the molecule is CCc1ccc(C(C)NC(=O)/C(C#N)=C\NCCN(CC)CC)cc1. The van der Waals surface area contributed by atoms with Crippen molar-refractivity contribution in [1.29, 1.82) is 5.26 Å². The van der Waals surface area contributed by atoms with Crippen LogP contribution in [0.2, 0.25) is 0 Å². The Morgan fingerprint density at radius 1 is 1.24 bits per heavy atom. The molecule has 0 aliphatic rings. The van der Waals surface area contributed by atoms with E-state index in [-0.39, 0.29) is 17.5 Å². The summed E-state index contributed by atoms with van der Waals surface area (Å²) in [5.74, 6) is -0.357. The zero-order valence-electron chi connectivity index (χ0n) is 15.8. The molecule has 1 aromatic carbocycles. The third-order valence-electron chi connectivity index (χ3n) is 4.31. The van der Waals surface area contributed by atoms with Crippen molar-refractivity contribution >= 4 is 5.91 Å². The molecule has 0 radical (unpaired) electrons. The average Bonchev–Trinajstić information content (AvgIpc) is 2.64. The first-order valence-corrected chi connectivity index (χ1v) is 9.01. The van der Waals surface area contributed by atoms with Crippen LogP contribution in [0.25, 0.3) is 0 Å². The van der Waals surface area contributed by atoms with Crippen LogP contribution >= 0.6 is 0 Å². The minimum absolute atomic E-state index is 0.0941. The molecule has 0 bridgehead atoms. The number of nitriles is 1. The van der Waals surface area contributed by atoms with Crippen molar-refractivity contribution in [2.75, 3.05) is 26.2 Å². The van der Waals surface area contributed by atoms with Gasteiger partial charge in [0.1, 0.15) is 11.6 Å². The van der Waals surface area contributed by atoms with Crippen LogP contribution in [0.4, 0.5) is 0 Å². The van der Waals surface area contributed by atoms with Gasteiger partial charge in [0, 0.05) is 19.3 Å². The Kier molecular flexibility index (Phi) is 9.34. The Balaban J connectivity index is 2.56. The summed E-state index contributed by atoms with van der Waals surface area (Å²) in [5.41, 5.74) is 2.38. The van der Waals surface area contributed by atoms with E-state index in [0.717, 1.165) is 31.6 Å². The van der Waals surface area contributed by atoms with E-state index < -0.39 is 0 Å². The van der Waals surface area contributed by atoms with Gasteiger partial charge in [-0.2, -0.15) is 5.26 Å². The summed E-state index contributed by atoms with van der Waals surface area (Å²) >= 11 is 0. The number of aryl methyl sites for hydroxylation is 1. The van der Waals surface area contributed by atoms with E-state index in [2.05, 4.69) is 48.4 Å². The summed E-state index contributed by atoms with van der Waals surface area (Å²) in [6.07, 6.45) is 2.49. The number of benzene rings is 1. The maximum absolute atomic E-state index is 12.3. The minimum atomic E-state index is -0.357. The van der Waals surface area contributed by atoms with Crippen LogP contribution in [0, 0.1) is 11.3 Å². The topological polar surface area (TPSA) is 68.2 Å². The standard InChI is InChI=1S/C20H30N4O/c1-5-17-8-10-18(11-9-17)16(4)23-20(25)19(14-21)15-22-12-13-24(6-2)7-3/h8-11,15-16,22H,5-7,12-13H2,1-4H3,(H,23,25)/b19-15-. The summed E-state index contributed by atoms with van der Waals surface area (Å²) in [6.45, 7) is 11.8. The Bertz CT molecular complexity index is 597.